The number of ether oxygens (including phenoxy) is 1. The van der Waals surface area contributed by atoms with Crippen molar-refractivity contribution in [2.45, 2.75) is 30.6 Å². The molecule has 3 rings (SSSR count). The molecule has 0 radical (unpaired) electrons. The van der Waals surface area contributed by atoms with Crippen LogP contribution in [0.1, 0.15) is 28.5 Å². The average Bonchev–Trinajstić information content (AvgIpc) is 2.93. The van der Waals surface area contributed by atoms with Crippen molar-refractivity contribution in [3.8, 4) is 0 Å². The summed E-state index contributed by atoms with van der Waals surface area (Å²) in [6.07, 6.45) is 0. The van der Waals surface area contributed by atoms with Crippen molar-refractivity contribution >= 4 is 42.6 Å². The van der Waals surface area contributed by atoms with Crippen LogP contribution in [0.15, 0.2) is 50.7 Å². The summed E-state index contributed by atoms with van der Waals surface area (Å²) in [5.74, 6) is -0.692. The molecule has 1 heterocycles. The molecule has 0 amide bonds. The highest BCUT2D eigenvalue weighted by atomic mass is 79.9. The minimum Gasteiger partial charge on any atom is -0.461 e. The van der Waals surface area contributed by atoms with Gasteiger partial charge in [-0.25, -0.2) is 13.2 Å². The molecule has 5 nitrogen and oxygen atoms in total. The lowest BCUT2D eigenvalue weighted by Gasteiger charge is -2.09. The van der Waals surface area contributed by atoms with Crippen molar-refractivity contribution in [2.75, 3.05) is 6.61 Å². The number of aryl methyl sites for hydroxylation is 2. The molecule has 1 aromatic heterocycles. The second-order valence-electron chi connectivity index (χ2n) is 6.07. The van der Waals surface area contributed by atoms with Gasteiger partial charge in [-0.3, -0.25) is 0 Å². The summed E-state index contributed by atoms with van der Waals surface area (Å²) in [5.41, 5.74) is 2.17. The highest BCUT2D eigenvalue weighted by Crippen LogP contribution is 2.34. The minimum atomic E-state index is -3.93. The molecule has 0 aliphatic carbocycles. The van der Waals surface area contributed by atoms with Crippen molar-refractivity contribution in [2.24, 2.45) is 0 Å². The summed E-state index contributed by atoms with van der Waals surface area (Å²) in [5, 5.41) is 0.446. The number of aromatic nitrogens is 1. The lowest BCUT2D eigenvalue weighted by Crippen LogP contribution is -2.12. The van der Waals surface area contributed by atoms with Crippen LogP contribution in [-0.4, -0.2) is 26.0 Å². The van der Waals surface area contributed by atoms with Crippen LogP contribution in [0, 0.1) is 13.8 Å². The van der Waals surface area contributed by atoms with Crippen molar-refractivity contribution in [3.05, 3.63) is 57.7 Å². The molecule has 1 N–H and O–H groups in total. The first kappa shape index (κ1) is 18.7. The predicted octanol–water partition coefficient (Wildman–Crippen LogP) is 4.56. The van der Waals surface area contributed by atoms with E-state index in [4.69, 9.17) is 4.74 Å². The van der Waals surface area contributed by atoms with Gasteiger partial charge in [-0.15, -0.1) is 0 Å². The largest absolute Gasteiger partial charge is 0.461 e. The molecule has 0 atom stereocenters. The number of H-pyrrole nitrogens is 1. The number of hydrogen-bond acceptors (Lipinski definition) is 4. The number of fused-ring (bicyclic) bond motifs is 1. The average molecular weight is 436 g/mol. The van der Waals surface area contributed by atoms with E-state index in [-0.39, 0.29) is 22.1 Å². The molecule has 0 aliphatic heterocycles. The summed E-state index contributed by atoms with van der Waals surface area (Å²) >= 11 is 3.36. The molecule has 0 unspecified atom stereocenters. The number of benzene rings is 2. The minimum absolute atomic E-state index is 0.0564. The standard InChI is InChI=1S/C19H18BrNO4S/c1-4-25-19(22)17-18(15-10-13(20)5-6-16(15)21-17)26(23,24)14-8-11(2)7-12(3)9-14/h5-10,21H,4H2,1-3H3. The molecule has 136 valence electrons. The summed E-state index contributed by atoms with van der Waals surface area (Å²) in [6.45, 7) is 5.50. The summed E-state index contributed by atoms with van der Waals surface area (Å²) < 4.78 is 32.6. The highest BCUT2D eigenvalue weighted by Gasteiger charge is 2.30. The molecule has 0 fully saturated rings. The fraction of sp³-hybridized carbons (Fsp3) is 0.211. The Hall–Kier alpha value is -2.12. The third-order valence-electron chi connectivity index (χ3n) is 3.97. The molecule has 0 saturated heterocycles. The van der Waals surface area contributed by atoms with Gasteiger partial charge < -0.3 is 9.72 Å². The molecule has 26 heavy (non-hydrogen) atoms. The summed E-state index contributed by atoms with van der Waals surface area (Å²) in [6, 6.07) is 10.3. The molecule has 0 aliphatic rings. The third-order valence-corrected chi connectivity index (χ3v) is 6.28. The van der Waals surface area contributed by atoms with Gasteiger partial charge in [0.05, 0.1) is 11.5 Å². The normalized spacial score (nSPS) is 11.7. The zero-order valence-electron chi connectivity index (χ0n) is 14.6. The Kier molecular flexibility index (Phi) is 4.94. The van der Waals surface area contributed by atoms with Crippen molar-refractivity contribution < 1.29 is 17.9 Å². The fourth-order valence-corrected chi connectivity index (χ4v) is 5.11. The van der Waals surface area contributed by atoms with Gasteiger partial charge in [0.15, 0.2) is 0 Å². The maximum absolute atomic E-state index is 13.4. The fourth-order valence-electron chi connectivity index (χ4n) is 2.97. The smallest absolute Gasteiger partial charge is 0.356 e. The molecule has 2 aromatic carbocycles. The first-order chi connectivity index (χ1) is 12.2. The number of aromatic amines is 1. The van der Waals surface area contributed by atoms with E-state index in [1.807, 2.05) is 19.9 Å². The Morgan fingerprint density at radius 3 is 2.38 bits per heavy atom. The number of halogens is 1. The van der Waals surface area contributed by atoms with E-state index >= 15 is 0 Å². The Bertz CT molecular complexity index is 1100. The van der Waals surface area contributed by atoms with Crippen LogP contribution in [0.3, 0.4) is 0 Å². The molecule has 7 heteroatoms. The third kappa shape index (κ3) is 3.29. The van der Waals surface area contributed by atoms with Crippen molar-refractivity contribution in [3.63, 3.8) is 0 Å². The van der Waals surface area contributed by atoms with E-state index in [9.17, 15) is 13.2 Å². The Morgan fingerprint density at radius 1 is 1.12 bits per heavy atom. The van der Waals surface area contributed by atoms with E-state index < -0.39 is 15.8 Å². The first-order valence-electron chi connectivity index (χ1n) is 8.05. The number of carbonyl (C=O) groups is 1. The second kappa shape index (κ2) is 6.89. The zero-order chi connectivity index (χ0) is 19.1. The number of hydrogen-bond donors (Lipinski definition) is 1. The van der Waals surface area contributed by atoms with Gasteiger partial charge in [-0.1, -0.05) is 22.0 Å². The Labute approximate surface area is 160 Å². The van der Waals surface area contributed by atoms with Crippen LogP contribution < -0.4 is 0 Å². The molecule has 0 saturated carbocycles. The predicted molar refractivity (Wildman–Crippen MR) is 103 cm³/mol. The van der Waals surface area contributed by atoms with Crippen LogP contribution in [0.5, 0.6) is 0 Å². The molecular formula is C19H18BrNO4S. The van der Waals surface area contributed by atoms with E-state index in [1.165, 1.54) is 0 Å². The highest BCUT2D eigenvalue weighted by molar-refractivity contribution is 9.10. The van der Waals surface area contributed by atoms with Crippen LogP contribution >= 0.6 is 15.9 Å². The van der Waals surface area contributed by atoms with Crippen LogP contribution in [-0.2, 0) is 14.6 Å². The van der Waals surface area contributed by atoms with E-state index in [0.717, 1.165) is 15.6 Å². The Morgan fingerprint density at radius 2 is 1.77 bits per heavy atom. The number of nitrogens with one attached hydrogen (secondary N) is 1. The van der Waals surface area contributed by atoms with Gasteiger partial charge in [0.1, 0.15) is 10.6 Å². The molecular weight excluding hydrogens is 418 g/mol. The number of rotatable bonds is 4. The van der Waals surface area contributed by atoms with Gasteiger partial charge >= 0.3 is 5.97 Å². The van der Waals surface area contributed by atoms with Crippen molar-refractivity contribution in [1.29, 1.82) is 0 Å². The van der Waals surface area contributed by atoms with E-state index in [1.54, 1.807) is 37.3 Å². The SMILES string of the molecule is CCOC(=O)c1[nH]c2ccc(Br)cc2c1S(=O)(=O)c1cc(C)cc(C)c1. The maximum Gasteiger partial charge on any atom is 0.356 e. The van der Waals surface area contributed by atoms with Gasteiger partial charge in [0.25, 0.3) is 0 Å². The quantitative estimate of drug-likeness (QED) is 0.609. The summed E-state index contributed by atoms with van der Waals surface area (Å²) in [7, 11) is -3.93. The van der Waals surface area contributed by atoms with Gasteiger partial charge in [0.2, 0.25) is 9.84 Å². The first-order valence-corrected chi connectivity index (χ1v) is 10.3. The lowest BCUT2D eigenvalue weighted by atomic mass is 10.2. The lowest BCUT2D eigenvalue weighted by molar-refractivity contribution is 0.0516. The Balaban J connectivity index is 2.35. The zero-order valence-corrected chi connectivity index (χ0v) is 17.0. The van der Waals surface area contributed by atoms with Crippen LogP contribution in [0.25, 0.3) is 10.9 Å². The monoisotopic (exact) mass is 435 g/mol. The van der Waals surface area contributed by atoms with Gasteiger partial charge in [0, 0.05) is 15.4 Å². The van der Waals surface area contributed by atoms with E-state index in [2.05, 4.69) is 20.9 Å². The van der Waals surface area contributed by atoms with Gasteiger partial charge in [-0.05, 0) is 62.2 Å². The molecule has 3 aromatic rings. The van der Waals surface area contributed by atoms with Gasteiger partial charge in [-0.2, -0.15) is 0 Å². The molecule has 0 bridgehead atoms. The number of carbonyl (C=O) groups excluding carboxylic acids is 1. The topological polar surface area (TPSA) is 76.2 Å². The molecule has 0 spiro atoms. The second-order valence-corrected chi connectivity index (χ2v) is 8.87. The number of sulfone groups is 1. The van der Waals surface area contributed by atoms with Crippen LogP contribution in [0.4, 0.5) is 0 Å². The van der Waals surface area contributed by atoms with Crippen LogP contribution in [0.2, 0.25) is 0 Å². The maximum atomic E-state index is 13.4. The van der Waals surface area contributed by atoms with Crippen molar-refractivity contribution in [1.82, 2.24) is 4.98 Å². The summed E-state index contributed by atoms with van der Waals surface area (Å²) in [4.78, 5) is 15.4. The van der Waals surface area contributed by atoms with E-state index in [0.29, 0.717) is 10.9 Å². The number of esters is 1.